The van der Waals surface area contributed by atoms with E-state index in [0.717, 1.165) is 11.3 Å². The third-order valence-corrected chi connectivity index (χ3v) is 4.75. The fourth-order valence-electron chi connectivity index (χ4n) is 1.37. The average molecular weight is 282 g/mol. The van der Waals surface area contributed by atoms with Crippen LogP contribution in [-0.2, 0) is 15.5 Å². The molecule has 0 N–H and O–H groups in total. The molecule has 2 heterocycles. The Labute approximate surface area is 113 Å². The smallest absolute Gasteiger partial charge is 0.181 e. The Kier molecular flexibility index (Phi) is 4.98. The molecule has 0 bridgehead atoms. The van der Waals surface area contributed by atoms with Gasteiger partial charge in [-0.1, -0.05) is 0 Å². The van der Waals surface area contributed by atoms with E-state index in [-0.39, 0.29) is 0 Å². The van der Waals surface area contributed by atoms with E-state index in [0.29, 0.717) is 23.3 Å². The third kappa shape index (κ3) is 3.44. The van der Waals surface area contributed by atoms with Crippen LogP contribution in [0.3, 0.4) is 0 Å². The molecular formula is C12H14N2O2S2. The summed E-state index contributed by atoms with van der Waals surface area (Å²) in [5.74, 6) is 0.494. The monoisotopic (exact) mass is 282 g/mol. The van der Waals surface area contributed by atoms with Crippen LogP contribution < -0.4 is 0 Å². The van der Waals surface area contributed by atoms with Gasteiger partial charge in [0.05, 0.1) is 28.9 Å². The maximum Gasteiger partial charge on any atom is 0.181 e. The molecule has 4 nitrogen and oxygen atoms in total. The maximum atomic E-state index is 11.9. The van der Waals surface area contributed by atoms with Crippen LogP contribution >= 0.6 is 11.3 Å². The Balaban J connectivity index is 2.04. The minimum Gasteiger partial charge on any atom is -0.381 e. The molecule has 1 atom stereocenters. The van der Waals surface area contributed by atoms with Gasteiger partial charge >= 0.3 is 0 Å². The summed E-state index contributed by atoms with van der Waals surface area (Å²) in [6.45, 7) is 3.08. The van der Waals surface area contributed by atoms with E-state index in [1.807, 2.05) is 24.4 Å². The normalized spacial score (nSPS) is 12.5. The molecule has 0 aliphatic carbocycles. The van der Waals surface area contributed by atoms with Crippen molar-refractivity contribution in [1.29, 1.82) is 0 Å². The molecule has 0 fully saturated rings. The average Bonchev–Trinajstić information content (AvgIpc) is 2.89. The second-order valence-electron chi connectivity index (χ2n) is 3.49. The van der Waals surface area contributed by atoms with Gasteiger partial charge < -0.3 is 4.74 Å². The molecule has 18 heavy (non-hydrogen) atoms. The molecule has 2 aromatic rings. The highest BCUT2D eigenvalue weighted by molar-refractivity contribution is 7.87. The van der Waals surface area contributed by atoms with E-state index >= 15 is 0 Å². The molecule has 6 heteroatoms. The lowest BCUT2D eigenvalue weighted by atomic mass is 10.2. The standard InChI is InChI=1S/C12H14N2O2S2/c1-2-16-6-7-18(15)12-14-11(9-17-12)10-4-3-5-13-8-10/h3-5,8-9H,2,6-7H2,1H3. The van der Waals surface area contributed by atoms with Gasteiger partial charge in [-0.15, -0.1) is 11.3 Å². The fraction of sp³-hybridized carbons (Fsp3) is 0.333. The van der Waals surface area contributed by atoms with Crippen LogP contribution in [0.15, 0.2) is 34.2 Å². The Morgan fingerprint density at radius 1 is 1.50 bits per heavy atom. The van der Waals surface area contributed by atoms with Crippen molar-refractivity contribution in [2.24, 2.45) is 0 Å². The van der Waals surface area contributed by atoms with Crippen LogP contribution in [0.1, 0.15) is 6.92 Å². The number of rotatable bonds is 6. The predicted octanol–water partition coefficient (Wildman–Crippen LogP) is 2.35. The van der Waals surface area contributed by atoms with Gasteiger partial charge in [-0.3, -0.25) is 9.19 Å². The summed E-state index contributed by atoms with van der Waals surface area (Å²) in [4.78, 5) is 8.43. The lowest BCUT2D eigenvalue weighted by Gasteiger charge is -1.99. The molecule has 0 saturated carbocycles. The number of pyridine rings is 1. The first-order valence-corrected chi connectivity index (χ1v) is 7.83. The van der Waals surface area contributed by atoms with Crippen LogP contribution in [-0.4, -0.2) is 33.1 Å². The van der Waals surface area contributed by atoms with Gasteiger partial charge in [-0.25, -0.2) is 4.98 Å². The Hall–Kier alpha value is -1.11. The minimum absolute atomic E-state index is 0.494. The SMILES string of the molecule is CCOCCS(=O)c1nc(-c2cccnc2)cs1. The molecule has 2 aromatic heterocycles. The molecule has 0 amide bonds. The van der Waals surface area contributed by atoms with Crippen molar-refractivity contribution in [3.63, 3.8) is 0 Å². The Morgan fingerprint density at radius 3 is 3.11 bits per heavy atom. The zero-order chi connectivity index (χ0) is 12.8. The number of hydrogen-bond donors (Lipinski definition) is 0. The van der Waals surface area contributed by atoms with E-state index in [4.69, 9.17) is 4.74 Å². The molecule has 1 unspecified atom stereocenters. The second-order valence-corrected chi connectivity index (χ2v) is 6.09. The molecule has 2 rings (SSSR count). The largest absolute Gasteiger partial charge is 0.381 e. The third-order valence-electron chi connectivity index (χ3n) is 2.25. The van der Waals surface area contributed by atoms with Gasteiger partial charge in [0.1, 0.15) is 0 Å². The summed E-state index contributed by atoms with van der Waals surface area (Å²) in [7, 11) is -1.08. The molecule has 96 valence electrons. The minimum atomic E-state index is -1.08. The number of ether oxygens (including phenoxy) is 1. The first kappa shape index (κ1) is 13.3. The zero-order valence-electron chi connectivity index (χ0n) is 10.0. The van der Waals surface area contributed by atoms with Crippen molar-refractivity contribution in [2.45, 2.75) is 11.3 Å². The van der Waals surface area contributed by atoms with Crippen molar-refractivity contribution in [1.82, 2.24) is 9.97 Å². The molecule has 0 spiro atoms. The van der Waals surface area contributed by atoms with Gasteiger partial charge in [0.15, 0.2) is 4.34 Å². The number of thiazole rings is 1. The summed E-state index contributed by atoms with van der Waals surface area (Å²) in [6.07, 6.45) is 3.47. The fourth-order valence-corrected chi connectivity index (χ4v) is 3.39. The highest BCUT2D eigenvalue weighted by Gasteiger charge is 2.10. The van der Waals surface area contributed by atoms with Crippen molar-refractivity contribution < 1.29 is 8.95 Å². The van der Waals surface area contributed by atoms with Crippen LogP contribution in [0, 0.1) is 0 Å². The topological polar surface area (TPSA) is 52.1 Å². The van der Waals surface area contributed by atoms with E-state index < -0.39 is 10.8 Å². The molecule has 0 aliphatic heterocycles. The van der Waals surface area contributed by atoms with Gasteiger partial charge in [-0.2, -0.15) is 0 Å². The highest BCUT2D eigenvalue weighted by Crippen LogP contribution is 2.22. The van der Waals surface area contributed by atoms with Crippen LogP contribution in [0.2, 0.25) is 0 Å². The van der Waals surface area contributed by atoms with Gasteiger partial charge in [0.2, 0.25) is 0 Å². The second kappa shape index (κ2) is 6.72. The van der Waals surface area contributed by atoms with Crippen molar-refractivity contribution in [3.05, 3.63) is 29.9 Å². The van der Waals surface area contributed by atoms with Crippen LogP contribution in [0.4, 0.5) is 0 Å². The molecule has 0 saturated heterocycles. The first-order chi connectivity index (χ1) is 8.81. The zero-order valence-corrected chi connectivity index (χ0v) is 11.7. The van der Waals surface area contributed by atoms with Crippen molar-refractivity contribution in [2.75, 3.05) is 19.0 Å². The summed E-state index contributed by atoms with van der Waals surface area (Å²) in [5.41, 5.74) is 1.77. The number of nitrogens with zero attached hydrogens (tertiary/aromatic N) is 2. The number of aromatic nitrogens is 2. The molecule has 0 aliphatic rings. The lowest BCUT2D eigenvalue weighted by Crippen LogP contribution is -2.05. The van der Waals surface area contributed by atoms with Gasteiger partial charge in [-0.05, 0) is 19.1 Å². The van der Waals surface area contributed by atoms with Gasteiger partial charge in [0, 0.05) is 29.9 Å². The summed E-state index contributed by atoms with van der Waals surface area (Å²) in [5, 5.41) is 1.91. The van der Waals surface area contributed by atoms with Gasteiger partial charge in [0.25, 0.3) is 0 Å². The highest BCUT2D eigenvalue weighted by atomic mass is 32.2. The first-order valence-electron chi connectivity index (χ1n) is 5.63. The summed E-state index contributed by atoms with van der Waals surface area (Å²) < 4.78 is 17.8. The maximum absolute atomic E-state index is 11.9. The van der Waals surface area contributed by atoms with E-state index in [2.05, 4.69) is 9.97 Å². The predicted molar refractivity (Wildman–Crippen MR) is 73.1 cm³/mol. The lowest BCUT2D eigenvalue weighted by molar-refractivity contribution is 0.164. The van der Waals surface area contributed by atoms with Crippen LogP contribution in [0.25, 0.3) is 11.3 Å². The van der Waals surface area contributed by atoms with Crippen molar-refractivity contribution >= 4 is 22.1 Å². The van der Waals surface area contributed by atoms with E-state index in [1.54, 1.807) is 12.4 Å². The number of hydrogen-bond acceptors (Lipinski definition) is 5. The molecular weight excluding hydrogens is 268 g/mol. The molecule has 0 radical (unpaired) electrons. The van der Waals surface area contributed by atoms with E-state index in [1.165, 1.54) is 11.3 Å². The van der Waals surface area contributed by atoms with E-state index in [9.17, 15) is 4.21 Å². The van der Waals surface area contributed by atoms with Crippen molar-refractivity contribution in [3.8, 4) is 11.3 Å². The molecule has 0 aromatic carbocycles. The Morgan fingerprint density at radius 2 is 2.39 bits per heavy atom. The quantitative estimate of drug-likeness (QED) is 0.763. The summed E-state index contributed by atoms with van der Waals surface area (Å²) >= 11 is 1.42. The summed E-state index contributed by atoms with van der Waals surface area (Å²) in [6, 6.07) is 3.80. The Bertz CT molecular complexity index is 514. The van der Waals surface area contributed by atoms with Crippen LogP contribution in [0.5, 0.6) is 0 Å².